The molecule has 2 amide bonds. The van der Waals surface area contributed by atoms with Crippen molar-refractivity contribution in [3.05, 3.63) is 47.4 Å². The van der Waals surface area contributed by atoms with Crippen molar-refractivity contribution in [2.24, 2.45) is 0 Å². The lowest BCUT2D eigenvalue weighted by molar-refractivity contribution is -0.130. The van der Waals surface area contributed by atoms with Gasteiger partial charge in [0.2, 0.25) is 11.8 Å². The van der Waals surface area contributed by atoms with E-state index in [4.69, 9.17) is 8.83 Å². The van der Waals surface area contributed by atoms with E-state index in [1.807, 2.05) is 43.9 Å². The number of amides is 2. The molecule has 4 rings (SSSR count). The molecule has 1 fully saturated rings. The van der Waals surface area contributed by atoms with E-state index in [9.17, 15) is 9.59 Å². The highest BCUT2D eigenvalue weighted by molar-refractivity contribution is 7.99. The molecule has 9 nitrogen and oxygen atoms in total. The number of furan rings is 1. The first-order valence-corrected chi connectivity index (χ1v) is 11.8. The zero-order valence-corrected chi connectivity index (χ0v) is 19.8. The maximum Gasteiger partial charge on any atom is 0.277 e. The molecule has 1 N–H and O–H groups in total. The maximum absolute atomic E-state index is 12.6. The van der Waals surface area contributed by atoms with Crippen LogP contribution in [0.4, 0.5) is 5.69 Å². The van der Waals surface area contributed by atoms with E-state index >= 15 is 0 Å². The molecule has 1 aromatic carbocycles. The van der Waals surface area contributed by atoms with E-state index in [1.165, 1.54) is 11.8 Å². The first kappa shape index (κ1) is 23.1. The Kier molecular flexibility index (Phi) is 7.14. The van der Waals surface area contributed by atoms with Crippen molar-refractivity contribution in [2.75, 3.05) is 43.8 Å². The third kappa shape index (κ3) is 5.63. The zero-order valence-electron chi connectivity index (χ0n) is 19.0. The maximum atomic E-state index is 12.6. The van der Waals surface area contributed by atoms with E-state index in [2.05, 4.69) is 20.4 Å². The number of hydrogen-bond donors (Lipinski definition) is 1. The van der Waals surface area contributed by atoms with Gasteiger partial charge in [-0.15, -0.1) is 10.2 Å². The molecule has 0 bridgehead atoms. The van der Waals surface area contributed by atoms with Crippen molar-refractivity contribution in [1.29, 1.82) is 0 Å². The normalized spacial score (nSPS) is 14.5. The largest absolute Gasteiger partial charge is 0.469 e. The van der Waals surface area contributed by atoms with Gasteiger partial charge in [-0.2, -0.15) is 0 Å². The molecule has 174 valence electrons. The Morgan fingerprint density at radius 1 is 1.06 bits per heavy atom. The predicted molar refractivity (Wildman–Crippen MR) is 125 cm³/mol. The first-order valence-electron chi connectivity index (χ1n) is 10.8. The average molecular weight is 470 g/mol. The molecule has 0 atom stereocenters. The lowest BCUT2D eigenvalue weighted by Gasteiger charge is -2.34. The van der Waals surface area contributed by atoms with Crippen molar-refractivity contribution >= 4 is 29.3 Å². The van der Waals surface area contributed by atoms with Crippen molar-refractivity contribution in [1.82, 2.24) is 20.0 Å². The van der Waals surface area contributed by atoms with Crippen LogP contribution in [0.3, 0.4) is 0 Å². The molecule has 3 heterocycles. The lowest BCUT2D eigenvalue weighted by atomic mass is 10.1. The second-order valence-electron chi connectivity index (χ2n) is 8.02. The van der Waals surface area contributed by atoms with Gasteiger partial charge in [0.25, 0.3) is 11.1 Å². The molecule has 0 saturated carbocycles. The van der Waals surface area contributed by atoms with Gasteiger partial charge in [0.15, 0.2) is 0 Å². The summed E-state index contributed by atoms with van der Waals surface area (Å²) in [5.41, 5.74) is 3.72. The summed E-state index contributed by atoms with van der Waals surface area (Å²) in [6.07, 6.45) is 1.57. The molecule has 1 saturated heterocycles. The highest BCUT2D eigenvalue weighted by Gasteiger charge is 2.23. The Morgan fingerprint density at radius 3 is 2.45 bits per heavy atom. The molecule has 0 radical (unpaired) electrons. The number of thioether (sulfide) groups is 1. The fourth-order valence-electron chi connectivity index (χ4n) is 3.75. The predicted octanol–water partition coefficient (Wildman–Crippen LogP) is 3.13. The summed E-state index contributed by atoms with van der Waals surface area (Å²) in [6, 6.07) is 7.72. The Bertz CT molecular complexity index is 1110. The van der Waals surface area contributed by atoms with E-state index in [1.54, 1.807) is 12.3 Å². The Labute approximate surface area is 196 Å². The van der Waals surface area contributed by atoms with Crippen molar-refractivity contribution in [3.63, 3.8) is 0 Å². The molecular weight excluding hydrogens is 442 g/mol. The van der Waals surface area contributed by atoms with E-state index < -0.39 is 0 Å². The topological polar surface area (TPSA) is 105 Å². The van der Waals surface area contributed by atoms with Crippen LogP contribution in [-0.4, -0.2) is 70.3 Å². The van der Waals surface area contributed by atoms with Crippen LogP contribution in [-0.2, 0) is 9.59 Å². The van der Waals surface area contributed by atoms with Gasteiger partial charge >= 0.3 is 0 Å². The van der Waals surface area contributed by atoms with Gasteiger partial charge in [-0.25, -0.2) is 0 Å². The first-order chi connectivity index (χ1) is 15.9. The second kappa shape index (κ2) is 10.2. The number of benzene rings is 1. The summed E-state index contributed by atoms with van der Waals surface area (Å²) in [4.78, 5) is 29.0. The number of carbonyl (C=O) groups excluding carboxylic acids is 2. The third-order valence-corrected chi connectivity index (χ3v) is 6.46. The Hall–Kier alpha value is -3.11. The van der Waals surface area contributed by atoms with Gasteiger partial charge in [0.05, 0.1) is 24.1 Å². The number of rotatable bonds is 7. The van der Waals surface area contributed by atoms with E-state index in [0.29, 0.717) is 49.6 Å². The van der Waals surface area contributed by atoms with Crippen molar-refractivity contribution in [2.45, 2.75) is 26.0 Å². The molecule has 0 unspecified atom stereocenters. The molecule has 0 spiro atoms. The number of para-hydroxylation sites is 1. The minimum atomic E-state index is -0.0391. The summed E-state index contributed by atoms with van der Waals surface area (Å²) >= 11 is 1.22. The molecule has 1 aliphatic heterocycles. The van der Waals surface area contributed by atoms with Crippen LogP contribution in [0.15, 0.2) is 44.6 Å². The minimum absolute atomic E-state index is 0.0129. The zero-order chi connectivity index (χ0) is 23.4. The van der Waals surface area contributed by atoms with Gasteiger partial charge in [-0.1, -0.05) is 30.0 Å². The van der Waals surface area contributed by atoms with Crippen LogP contribution in [0.2, 0.25) is 0 Å². The summed E-state index contributed by atoms with van der Waals surface area (Å²) in [6.45, 7) is 8.57. The van der Waals surface area contributed by atoms with Crippen molar-refractivity contribution < 1.29 is 18.4 Å². The Balaban J connectivity index is 1.21. The quantitative estimate of drug-likeness (QED) is 0.526. The Morgan fingerprint density at radius 2 is 1.79 bits per heavy atom. The minimum Gasteiger partial charge on any atom is -0.469 e. The van der Waals surface area contributed by atoms with Gasteiger partial charge in [0, 0.05) is 31.9 Å². The van der Waals surface area contributed by atoms with E-state index in [0.717, 1.165) is 22.4 Å². The summed E-state index contributed by atoms with van der Waals surface area (Å²) in [7, 11) is 0. The molecule has 3 aromatic rings. The number of hydrogen-bond acceptors (Lipinski definition) is 8. The molecule has 2 aromatic heterocycles. The fraction of sp³-hybridized carbons (Fsp3) is 0.391. The number of nitrogens with zero attached hydrogens (tertiary/aromatic N) is 4. The number of carbonyl (C=O) groups is 2. The molecule has 1 aliphatic rings. The molecule has 0 aliphatic carbocycles. The molecule has 33 heavy (non-hydrogen) atoms. The highest BCUT2D eigenvalue weighted by atomic mass is 32.2. The third-order valence-electron chi connectivity index (χ3n) is 5.65. The number of aryl methyl sites for hydroxylation is 3. The lowest BCUT2D eigenvalue weighted by Crippen LogP contribution is -2.50. The number of piperazine rings is 1. The van der Waals surface area contributed by atoms with Crippen LogP contribution >= 0.6 is 11.8 Å². The van der Waals surface area contributed by atoms with Crippen LogP contribution in [0, 0.1) is 20.8 Å². The van der Waals surface area contributed by atoms with Gasteiger partial charge in [-0.05, 0) is 38.0 Å². The van der Waals surface area contributed by atoms with Crippen LogP contribution in [0.1, 0.15) is 16.9 Å². The molecule has 10 heteroatoms. The van der Waals surface area contributed by atoms with Gasteiger partial charge < -0.3 is 19.1 Å². The van der Waals surface area contributed by atoms with E-state index in [-0.39, 0.29) is 17.6 Å². The SMILES string of the molecule is Cc1cccc(C)c1NC(=O)CN1CCN(C(=O)CSc2nnc(-c3ccoc3C)o2)CC1. The van der Waals surface area contributed by atoms with Gasteiger partial charge in [0.1, 0.15) is 5.76 Å². The van der Waals surface area contributed by atoms with Crippen LogP contribution < -0.4 is 5.32 Å². The average Bonchev–Trinajstić information content (AvgIpc) is 3.44. The standard InChI is InChI=1S/C23H27N5O4S/c1-15-5-4-6-16(2)21(15)24-19(29)13-27-8-10-28(11-9-27)20(30)14-33-23-26-25-22(32-23)18-7-12-31-17(18)3/h4-7,12H,8-11,13-14H2,1-3H3,(H,24,29). The number of anilines is 1. The van der Waals surface area contributed by atoms with Crippen LogP contribution in [0.5, 0.6) is 0 Å². The van der Waals surface area contributed by atoms with Crippen LogP contribution in [0.25, 0.3) is 11.5 Å². The summed E-state index contributed by atoms with van der Waals surface area (Å²) < 4.78 is 10.9. The summed E-state index contributed by atoms with van der Waals surface area (Å²) in [5, 5.41) is 11.4. The summed E-state index contributed by atoms with van der Waals surface area (Å²) in [5.74, 6) is 1.27. The molecular formula is C23H27N5O4S. The monoisotopic (exact) mass is 469 g/mol. The van der Waals surface area contributed by atoms with Crippen molar-refractivity contribution in [3.8, 4) is 11.5 Å². The smallest absolute Gasteiger partial charge is 0.277 e. The number of nitrogens with one attached hydrogen (secondary N) is 1. The second-order valence-corrected chi connectivity index (χ2v) is 8.95. The number of aromatic nitrogens is 2. The van der Waals surface area contributed by atoms with Gasteiger partial charge in [-0.3, -0.25) is 14.5 Å². The fourth-order valence-corrected chi connectivity index (χ4v) is 4.41. The highest BCUT2D eigenvalue weighted by Crippen LogP contribution is 2.26.